The van der Waals surface area contributed by atoms with Crippen molar-refractivity contribution < 1.29 is 4.74 Å². The highest BCUT2D eigenvalue weighted by Crippen LogP contribution is 2.50. The van der Waals surface area contributed by atoms with E-state index in [2.05, 4.69) is 60.6 Å². The minimum absolute atomic E-state index is 0.893. The van der Waals surface area contributed by atoms with Crippen LogP contribution in [0.2, 0.25) is 0 Å². The van der Waals surface area contributed by atoms with E-state index in [4.69, 9.17) is 4.74 Å². The molecule has 3 aromatic rings. The highest BCUT2D eigenvalue weighted by atomic mass is 32.1. The fourth-order valence-corrected chi connectivity index (χ4v) is 4.12. The highest BCUT2D eigenvalue weighted by Gasteiger charge is 2.25. The molecule has 0 saturated heterocycles. The van der Waals surface area contributed by atoms with Crippen molar-refractivity contribution in [2.45, 2.75) is 13.3 Å². The summed E-state index contributed by atoms with van der Waals surface area (Å²) in [6.45, 7) is 6.34. The molecule has 4 rings (SSSR count). The van der Waals surface area contributed by atoms with E-state index in [0.717, 1.165) is 29.1 Å². The summed E-state index contributed by atoms with van der Waals surface area (Å²) in [4.78, 5) is 1.20. The molecule has 2 heterocycles. The third-order valence-corrected chi connectivity index (χ3v) is 5.51. The number of thiophene rings is 1. The number of ether oxygens (including phenoxy) is 1. The normalized spacial score (nSPS) is 12.3. The number of benzene rings is 2. The average molecular weight is 333 g/mol. The first-order valence-corrected chi connectivity index (χ1v) is 8.95. The monoisotopic (exact) mass is 333 g/mol. The van der Waals surface area contributed by atoms with Crippen LogP contribution in [0, 0.1) is 0 Å². The van der Waals surface area contributed by atoms with E-state index in [1.165, 1.54) is 27.1 Å². The van der Waals surface area contributed by atoms with Crippen molar-refractivity contribution in [1.82, 2.24) is 0 Å². The number of methoxy groups -OCH3 is 1. The Morgan fingerprint density at radius 3 is 2.54 bits per heavy atom. The van der Waals surface area contributed by atoms with Gasteiger partial charge in [0.15, 0.2) is 0 Å². The van der Waals surface area contributed by atoms with E-state index in [0.29, 0.717) is 0 Å². The van der Waals surface area contributed by atoms with Crippen molar-refractivity contribution >= 4 is 22.7 Å². The van der Waals surface area contributed by atoms with Crippen molar-refractivity contribution in [2.75, 3.05) is 12.4 Å². The molecule has 3 heteroatoms. The lowest BCUT2D eigenvalue weighted by atomic mass is 9.89. The minimum Gasteiger partial charge on any atom is -0.496 e. The molecular formula is C21H19NOS. The molecule has 1 N–H and O–H groups in total. The first kappa shape index (κ1) is 15.0. The zero-order valence-electron chi connectivity index (χ0n) is 13.8. The van der Waals surface area contributed by atoms with Gasteiger partial charge >= 0.3 is 0 Å². The van der Waals surface area contributed by atoms with Gasteiger partial charge in [-0.05, 0) is 41.1 Å². The second-order valence-electron chi connectivity index (χ2n) is 5.88. The molecule has 0 unspecified atom stereocenters. The van der Waals surface area contributed by atoms with Crippen molar-refractivity contribution in [3.8, 4) is 28.0 Å². The highest BCUT2D eigenvalue weighted by molar-refractivity contribution is 7.11. The molecule has 0 atom stereocenters. The van der Waals surface area contributed by atoms with Gasteiger partial charge in [-0.25, -0.2) is 0 Å². The summed E-state index contributed by atoms with van der Waals surface area (Å²) in [7, 11) is 1.73. The third kappa shape index (κ3) is 2.24. The summed E-state index contributed by atoms with van der Waals surface area (Å²) < 4.78 is 5.69. The van der Waals surface area contributed by atoms with Gasteiger partial charge in [0.1, 0.15) is 5.75 Å². The Morgan fingerprint density at radius 1 is 1.04 bits per heavy atom. The topological polar surface area (TPSA) is 21.3 Å². The fourth-order valence-electron chi connectivity index (χ4n) is 3.29. The molecule has 1 aliphatic heterocycles. The lowest BCUT2D eigenvalue weighted by Gasteiger charge is -2.25. The molecule has 0 saturated carbocycles. The first-order valence-electron chi connectivity index (χ1n) is 8.07. The molecule has 0 spiro atoms. The Morgan fingerprint density at radius 2 is 1.83 bits per heavy atom. The molecule has 2 nitrogen and oxygen atoms in total. The van der Waals surface area contributed by atoms with Crippen LogP contribution in [0.4, 0.5) is 5.69 Å². The van der Waals surface area contributed by atoms with E-state index in [-0.39, 0.29) is 0 Å². The van der Waals surface area contributed by atoms with Crippen LogP contribution in [0.5, 0.6) is 5.75 Å². The lowest BCUT2D eigenvalue weighted by molar-refractivity contribution is 0.416. The smallest absolute Gasteiger partial charge is 0.127 e. The van der Waals surface area contributed by atoms with Crippen LogP contribution in [0.15, 0.2) is 54.4 Å². The maximum absolute atomic E-state index is 5.69. The van der Waals surface area contributed by atoms with E-state index in [1.807, 2.05) is 6.07 Å². The SMILES string of the molecule is C=C1Nc2ccc(OC)c(-c3ccc(CC)cc3)c2-c2ccsc21. The van der Waals surface area contributed by atoms with Gasteiger partial charge in [0.2, 0.25) is 0 Å². The Kier molecular flexibility index (Phi) is 3.66. The summed E-state index contributed by atoms with van der Waals surface area (Å²) in [5.41, 5.74) is 8.12. The molecule has 0 amide bonds. The first-order chi connectivity index (χ1) is 11.7. The zero-order chi connectivity index (χ0) is 16.7. The molecule has 0 fully saturated rings. The Balaban J connectivity index is 2.00. The molecule has 0 radical (unpaired) electrons. The van der Waals surface area contributed by atoms with Gasteiger partial charge in [0.05, 0.1) is 12.0 Å². The number of nitrogens with one attached hydrogen (secondary N) is 1. The standard InChI is InChI=1S/C21H19NOS/c1-4-14-5-7-15(8-6-14)19-18(23-3)10-9-17-20(19)16-11-12-24-21(16)13(2)22-17/h5-12,22H,2,4H2,1,3H3. The van der Waals surface area contributed by atoms with Crippen molar-refractivity contribution in [2.24, 2.45) is 0 Å². The number of rotatable bonds is 3. The van der Waals surface area contributed by atoms with Gasteiger partial charge in [0, 0.05) is 28.1 Å². The van der Waals surface area contributed by atoms with E-state index < -0.39 is 0 Å². The Labute approximate surface area is 146 Å². The minimum atomic E-state index is 0.893. The maximum atomic E-state index is 5.69. The number of fused-ring (bicyclic) bond motifs is 3. The summed E-state index contributed by atoms with van der Waals surface area (Å²) in [5.74, 6) is 0.893. The molecule has 1 aliphatic rings. The van der Waals surface area contributed by atoms with Crippen LogP contribution in [0.25, 0.3) is 28.0 Å². The molecule has 0 bridgehead atoms. The van der Waals surface area contributed by atoms with Crippen LogP contribution in [0.3, 0.4) is 0 Å². The summed E-state index contributed by atoms with van der Waals surface area (Å²) >= 11 is 1.72. The molecular weight excluding hydrogens is 314 g/mol. The summed E-state index contributed by atoms with van der Waals surface area (Å²) in [6, 6.07) is 15.0. The number of anilines is 1. The maximum Gasteiger partial charge on any atom is 0.127 e. The second-order valence-corrected chi connectivity index (χ2v) is 6.80. The molecule has 1 aromatic heterocycles. The predicted octanol–water partition coefficient (Wildman–Crippen LogP) is 6.05. The van der Waals surface area contributed by atoms with Gasteiger partial charge in [-0.15, -0.1) is 11.3 Å². The van der Waals surface area contributed by atoms with Gasteiger partial charge in [0.25, 0.3) is 0 Å². The molecule has 2 aromatic carbocycles. The van der Waals surface area contributed by atoms with Crippen LogP contribution < -0.4 is 10.1 Å². The lowest BCUT2D eigenvalue weighted by Crippen LogP contribution is -2.06. The number of aryl methyl sites for hydroxylation is 1. The third-order valence-electron chi connectivity index (χ3n) is 4.53. The summed E-state index contributed by atoms with van der Waals surface area (Å²) in [5, 5.41) is 5.57. The van der Waals surface area contributed by atoms with Gasteiger partial charge in [-0.1, -0.05) is 37.8 Å². The van der Waals surface area contributed by atoms with Gasteiger partial charge in [-0.2, -0.15) is 0 Å². The van der Waals surface area contributed by atoms with Crippen molar-refractivity contribution in [3.05, 3.63) is 64.9 Å². The predicted molar refractivity (Wildman–Crippen MR) is 104 cm³/mol. The van der Waals surface area contributed by atoms with Gasteiger partial charge in [-0.3, -0.25) is 0 Å². The number of hydrogen-bond acceptors (Lipinski definition) is 3. The van der Waals surface area contributed by atoms with E-state index in [9.17, 15) is 0 Å². The van der Waals surface area contributed by atoms with Crippen LogP contribution >= 0.6 is 11.3 Å². The molecule has 24 heavy (non-hydrogen) atoms. The van der Waals surface area contributed by atoms with Crippen LogP contribution in [0.1, 0.15) is 17.4 Å². The number of hydrogen-bond donors (Lipinski definition) is 1. The van der Waals surface area contributed by atoms with Gasteiger partial charge < -0.3 is 10.1 Å². The molecule has 0 aliphatic carbocycles. The van der Waals surface area contributed by atoms with Crippen LogP contribution in [-0.4, -0.2) is 7.11 Å². The van der Waals surface area contributed by atoms with E-state index in [1.54, 1.807) is 18.4 Å². The summed E-state index contributed by atoms with van der Waals surface area (Å²) in [6.07, 6.45) is 1.04. The second kappa shape index (κ2) is 5.84. The molecule has 120 valence electrons. The largest absolute Gasteiger partial charge is 0.496 e. The van der Waals surface area contributed by atoms with E-state index >= 15 is 0 Å². The quantitative estimate of drug-likeness (QED) is 0.630. The Hall–Kier alpha value is -2.52. The van der Waals surface area contributed by atoms with Crippen LogP contribution in [-0.2, 0) is 6.42 Å². The average Bonchev–Trinajstić information content (AvgIpc) is 3.11. The van der Waals surface area contributed by atoms with Crippen molar-refractivity contribution in [1.29, 1.82) is 0 Å². The zero-order valence-corrected chi connectivity index (χ0v) is 14.7. The van der Waals surface area contributed by atoms with Crippen molar-refractivity contribution in [3.63, 3.8) is 0 Å². The fraction of sp³-hybridized carbons (Fsp3) is 0.143. The Bertz CT molecular complexity index is 922.